The van der Waals surface area contributed by atoms with Crippen LogP contribution in [0.1, 0.15) is 18.1 Å². The van der Waals surface area contributed by atoms with E-state index in [1.165, 1.54) is 21.9 Å². The number of benzene rings is 3. The minimum Gasteiger partial charge on any atom is -0.450 e. The van der Waals surface area contributed by atoms with E-state index in [0.29, 0.717) is 0 Å². The van der Waals surface area contributed by atoms with Gasteiger partial charge in [0.25, 0.3) is 10.0 Å². The molecule has 1 heterocycles. The quantitative estimate of drug-likeness (QED) is 0.529. The number of hydrogen-bond donors (Lipinski definition) is 0. The Bertz CT molecular complexity index is 1310. The van der Waals surface area contributed by atoms with Gasteiger partial charge in [0.1, 0.15) is 0 Å². The van der Waals surface area contributed by atoms with Gasteiger partial charge >= 0.3 is 12.1 Å². The summed E-state index contributed by atoms with van der Waals surface area (Å²) in [5.74, 6) is 0. The number of hydrogen-bond acceptors (Lipinski definition) is 5. The zero-order valence-corrected chi connectivity index (χ0v) is 20.7. The third kappa shape index (κ3) is 5.24. The molecule has 184 valence electrons. The highest BCUT2D eigenvalue weighted by molar-refractivity contribution is 7.89. The Morgan fingerprint density at radius 1 is 0.886 bits per heavy atom. The van der Waals surface area contributed by atoms with Crippen LogP contribution in [0.3, 0.4) is 0 Å². The second kappa shape index (κ2) is 10.4. The lowest BCUT2D eigenvalue weighted by molar-refractivity contribution is 0.0823. The zero-order chi connectivity index (χ0) is 25.0. The minimum absolute atomic E-state index is 0.0573. The molecule has 35 heavy (non-hydrogen) atoms. The van der Waals surface area contributed by atoms with E-state index in [1.54, 1.807) is 19.1 Å². The molecule has 3 aromatic carbocycles. The number of carbonyl (C=O) groups is 2. The second-order valence-corrected chi connectivity index (χ2v) is 10.3. The molecule has 0 aliphatic carbocycles. The number of rotatable bonds is 5. The van der Waals surface area contributed by atoms with Crippen molar-refractivity contribution in [1.29, 1.82) is 0 Å². The van der Waals surface area contributed by atoms with Crippen molar-refractivity contribution >= 4 is 32.9 Å². The molecule has 1 saturated heterocycles. The van der Waals surface area contributed by atoms with Gasteiger partial charge in [0.15, 0.2) is 0 Å². The summed E-state index contributed by atoms with van der Waals surface area (Å²) in [6, 6.07) is 19.2. The maximum atomic E-state index is 13.7. The Labute approximate surface area is 205 Å². The summed E-state index contributed by atoms with van der Waals surface area (Å²) in [6.07, 6.45) is -0.431. The van der Waals surface area contributed by atoms with E-state index in [0.717, 1.165) is 26.2 Å². The van der Waals surface area contributed by atoms with Crippen LogP contribution in [0.15, 0.2) is 71.6 Å². The molecule has 4 rings (SSSR count). The summed E-state index contributed by atoms with van der Waals surface area (Å²) in [4.78, 5) is 28.8. The van der Waals surface area contributed by atoms with Crippen molar-refractivity contribution in [3.05, 3.63) is 77.9 Å². The van der Waals surface area contributed by atoms with Crippen LogP contribution < -0.4 is 0 Å². The number of sulfonamides is 1. The van der Waals surface area contributed by atoms with Crippen molar-refractivity contribution in [2.75, 3.05) is 32.8 Å². The van der Waals surface area contributed by atoms with Crippen LogP contribution in [-0.4, -0.2) is 67.4 Å². The molecule has 3 amide bonds. The lowest BCUT2D eigenvalue weighted by Gasteiger charge is -2.36. The number of amides is 3. The highest BCUT2D eigenvalue weighted by Gasteiger charge is 2.35. The van der Waals surface area contributed by atoms with Crippen LogP contribution in [0.2, 0.25) is 0 Å². The Kier molecular flexibility index (Phi) is 7.25. The van der Waals surface area contributed by atoms with Crippen molar-refractivity contribution in [3.63, 3.8) is 0 Å². The molecule has 0 bridgehead atoms. The van der Waals surface area contributed by atoms with Gasteiger partial charge in [0.05, 0.1) is 18.0 Å². The van der Waals surface area contributed by atoms with Gasteiger partial charge in [-0.05, 0) is 42.3 Å². The number of piperazine rings is 1. The topological polar surface area (TPSA) is 87.2 Å². The molecule has 1 aliphatic rings. The third-order valence-corrected chi connectivity index (χ3v) is 7.83. The van der Waals surface area contributed by atoms with Gasteiger partial charge in [-0.2, -0.15) is 0 Å². The first-order valence-electron chi connectivity index (χ1n) is 11.6. The molecule has 0 aromatic heterocycles. The average molecular weight is 496 g/mol. The smallest absolute Gasteiger partial charge is 0.409 e. The van der Waals surface area contributed by atoms with E-state index >= 15 is 0 Å². The molecule has 1 fully saturated rings. The van der Waals surface area contributed by atoms with E-state index in [-0.39, 0.29) is 44.2 Å². The van der Waals surface area contributed by atoms with E-state index < -0.39 is 22.1 Å². The summed E-state index contributed by atoms with van der Waals surface area (Å²) in [5, 5.41) is 1.85. The van der Waals surface area contributed by atoms with Crippen molar-refractivity contribution in [3.8, 4) is 0 Å². The van der Waals surface area contributed by atoms with Gasteiger partial charge in [-0.3, -0.25) is 0 Å². The predicted molar refractivity (Wildman–Crippen MR) is 133 cm³/mol. The van der Waals surface area contributed by atoms with E-state index in [4.69, 9.17) is 4.74 Å². The van der Waals surface area contributed by atoms with Crippen LogP contribution in [-0.2, 0) is 21.3 Å². The number of fused-ring (bicyclic) bond motifs is 1. The lowest BCUT2D eigenvalue weighted by Crippen LogP contribution is -2.54. The molecular formula is C26H29N3O5S. The molecule has 0 unspecified atom stereocenters. The van der Waals surface area contributed by atoms with Crippen molar-refractivity contribution < 1.29 is 22.7 Å². The fraction of sp³-hybridized carbons (Fsp3) is 0.308. The SMILES string of the molecule is CCOC(=O)N1CCN(C(=O)N(Cc2cccc3ccccc23)S(=O)(=O)c2ccc(C)cc2)CC1. The highest BCUT2D eigenvalue weighted by atomic mass is 32.2. The molecule has 0 N–H and O–H groups in total. The van der Waals surface area contributed by atoms with Crippen molar-refractivity contribution in [2.24, 2.45) is 0 Å². The lowest BCUT2D eigenvalue weighted by atomic mass is 10.0. The Morgan fingerprint density at radius 2 is 1.51 bits per heavy atom. The Balaban J connectivity index is 1.66. The minimum atomic E-state index is -4.13. The number of aryl methyl sites for hydroxylation is 1. The Morgan fingerprint density at radius 3 is 2.20 bits per heavy atom. The van der Waals surface area contributed by atoms with Gasteiger partial charge in [0, 0.05) is 26.2 Å². The molecule has 3 aromatic rings. The maximum absolute atomic E-state index is 13.7. The van der Waals surface area contributed by atoms with Gasteiger partial charge in [0.2, 0.25) is 0 Å². The van der Waals surface area contributed by atoms with Gasteiger partial charge in [-0.15, -0.1) is 0 Å². The standard InChI is InChI=1S/C26H29N3O5S/c1-3-34-26(31)28-17-15-27(16-18-28)25(30)29(35(32,33)23-13-11-20(2)12-14-23)19-22-9-6-8-21-7-4-5-10-24(21)22/h4-14H,3,15-19H2,1-2H3. The molecule has 8 nitrogen and oxygen atoms in total. The number of urea groups is 1. The molecule has 0 saturated carbocycles. The van der Waals surface area contributed by atoms with Crippen molar-refractivity contribution in [1.82, 2.24) is 14.1 Å². The van der Waals surface area contributed by atoms with Crippen LogP contribution >= 0.6 is 0 Å². The molecule has 0 spiro atoms. The van der Waals surface area contributed by atoms with Crippen LogP contribution in [0.25, 0.3) is 10.8 Å². The normalized spacial score (nSPS) is 14.1. The summed E-state index contributed by atoms with van der Waals surface area (Å²) in [5.41, 5.74) is 1.66. The third-order valence-electron chi connectivity index (χ3n) is 6.09. The number of ether oxygens (including phenoxy) is 1. The Hall–Kier alpha value is -3.59. The first-order chi connectivity index (χ1) is 16.8. The summed E-state index contributed by atoms with van der Waals surface area (Å²) in [6.45, 7) is 4.76. The largest absolute Gasteiger partial charge is 0.450 e. The monoisotopic (exact) mass is 495 g/mol. The van der Waals surface area contributed by atoms with Gasteiger partial charge < -0.3 is 14.5 Å². The van der Waals surface area contributed by atoms with Crippen LogP contribution in [0.5, 0.6) is 0 Å². The number of carbonyl (C=O) groups excluding carboxylic acids is 2. The zero-order valence-electron chi connectivity index (χ0n) is 19.9. The molecule has 9 heteroatoms. The highest BCUT2D eigenvalue weighted by Crippen LogP contribution is 2.25. The van der Waals surface area contributed by atoms with E-state index in [1.807, 2.05) is 49.4 Å². The predicted octanol–water partition coefficient (Wildman–Crippen LogP) is 4.23. The average Bonchev–Trinajstić information content (AvgIpc) is 2.87. The maximum Gasteiger partial charge on any atom is 0.409 e. The summed E-state index contributed by atoms with van der Waals surface area (Å²) >= 11 is 0. The van der Waals surface area contributed by atoms with Crippen molar-refractivity contribution in [2.45, 2.75) is 25.3 Å². The molecule has 1 aliphatic heterocycles. The van der Waals surface area contributed by atoms with Gasteiger partial charge in [-0.1, -0.05) is 60.2 Å². The number of nitrogens with zero attached hydrogens (tertiary/aromatic N) is 3. The molecule has 0 radical (unpaired) electrons. The summed E-state index contributed by atoms with van der Waals surface area (Å²) in [7, 11) is -4.13. The molecule has 0 atom stereocenters. The van der Waals surface area contributed by atoms with Gasteiger partial charge in [-0.25, -0.2) is 22.3 Å². The van der Waals surface area contributed by atoms with E-state index in [9.17, 15) is 18.0 Å². The fourth-order valence-electron chi connectivity index (χ4n) is 4.13. The van der Waals surface area contributed by atoms with Crippen LogP contribution in [0.4, 0.5) is 9.59 Å². The molecular weight excluding hydrogens is 466 g/mol. The first kappa shape index (κ1) is 24.5. The summed E-state index contributed by atoms with van der Waals surface area (Å²) < 4.78 is 33.4. The first-order valence-corrected chi connectivity index (χ1v) is 13.0. The van der Waals surface area contributed by atoms with E-state index in [2.05, 4.69) is 0 Å². The fourth-order valence-corrected chi connectivity index (χ4v) is 5.50. The van der Waals surface area contributed by atoms with Crippen LogP contribution in [0, 0.1) is 6.92 Å². The second-order valence-electron chi connectivity index (χ2n) is 8.42.